The van der Waals surface area contributed by atoms with Crippen LogP contribution in [0.4, 0.5) is 4.79 Å². The number of piperidine rings is 1. The van der Waals surface area contributed by atoms with E-state index in [1.165, 1.54) is 11.0 Å². The fourth-order valence-electron chi connectivity index (χ4n) is 1.96. The van der Waals surface area contributed by atoms with Crippen LogP contribution in [-0.4, -0.2) is 66.2 Å². The van der Waals surface area contributed by atoms with Crippen molar-refractivity contribution in [3.8, 4) is 0 Å². The second-order valence-electron chi connectivity index (χ2n) is 4.59. The lowest BCUT2D eigenvalue weighted by Crippen LogP contribution is -2.49. The van der Waals surface area contributed by atoms with Crippen LogP contribution in [0.2, 0.25) is 0 Å². The van der Waals surface area contributed by atoms with Crippen LogP contribution in [0.1, 0.15) is 12.8 Å². The van der Waals surface area contributed by atoms with Crippen molar-refractivity contribution in [3.05, 3.63) is 12.7 Å². The summed E-state index contributed by atoms with van der Waals surface area (Å²) in [6.07, 6.45) is 3.33. The van der Waals surface area contributed by atoms with Crippen molar-refractivity contribution in [2.24, 2.45) is 0 Å². The molecule has 0 bridgehead atoms. The summed E-state index contributed by atoms with van der Waals surface area (Å²) < 4.78 is 0. The number of hydrogen-bond donors (Lipinski definition) is 2. The number of amides is 2. The monoisotopic (exact) mass is 255 g/mol. The second-order valence-corrected chi connectivity index (χ2v) is 4.59. The van der Waals surface area contributed by atoms with Gasteiger partial charge in [0.15, 0.2) is 0 Å². The number of likely N-dealkylation sites (tertiary alicyclic amines) is 1. The lowest BCUT2D eigenvalue weighted by atomic mass is 10.1. The van der Waals surface area contributed by atoms with Gasteiger partial charge >= 0.3 is 12.0 Å². The fraction of sp³-hybridized carbons (Fsp3) is 0.667. The van der Waals surface area contributed by atoms with Crippen LogP contribution >= 0.6 is 0 Å². The zero-order valence-corrected chi connectivity index (χ0v) is 10.8. The Labute approximate surface area is 107 Å². The molecule has 1 fully saturated rings. The van der Waals surface area contributed by atoms with Gasteiger partial charge < -0.3 is 20.2 Å². The largest absolute Gasteiger partial charge is 0.480 e. The molecule has 0 atom stereocenters. The molecule has 0 radical (unpaired) electrons. The summed E-state index contributed by atoms with van der Waals surface area (Å²) in [7, 11) is 2.05. The molecule has 2 amide bonds. The summed E-state index contributed by atoms with van der Waals surface area (Å²) in [6.45, 7) is 5.36. The molecule has 2 N–H and O–H groups in total. The minimum atomic E-state index is -1.02. The summed E-state index contributed by atoms with van der Waals surface area (Å²) in [5.74, 6) is -1.02. The third kappa shape index (κ3) is 4.75. The molecule has 1 aliphatic rings. The van der Waals surface area contributed by atoms with E-state index in [-0.39, 0.29) is 25.2 Å². The first-order valence-corrected chi connectivity index (χ1v) is 6.09. The van der Waals surface area contributed by atoms with Crippen LogP contribution in [0.5, 0.6) is 0 Å². The zero-order valence-electron chi connectivity index (χ0n) is 10.8. The number of carboxylic acid groups (broad SMARTS) is 1. The standard InChI is InChI=1S/C12H21N3O3/c1-3-6-15(9-11(16)17)12(18)13-10-4-7-14(2)8-5-10/h3,10H,1,4-9H2,2H3,(H,13,18)(H,16,17). The maximum atomic E-state index is 11.9. The molecule has 6 heteroatoms. The number of carbonyl (C=O) groups excluding carboxylic acids is 1. The molecule has 0 unspecified atom stereocenters. The number of hydrogen-bond acceptors (Lipinski definition) is 3. The van der Waals surface area contributed by atoms with Gasteiger partial charge in [-0.05, 0) is 33.0 Å². The first-order chi connectivity index (χ1) is 8.52. The van der Waals surface area contributed by atoms with Gasteiger partial charge in [-0.15, -0.1) is 6.58 Å². The fourth-order valence-corrected chi connectivity index (χ4v) is 1.96. The first-order valence-electron chi connectivity index (χ1n) is 6.09. The number of carbonyl (C=O) groups is 2. The summed E-state index contributed by atoms with van der Waals surface area (Å²) in [6, 6.07) is -0.193. The molecule has 1 saturated heterocycles. The van der Waals surface area contributed by atoms with E-state index in [1.807, 2.05) is 7.05 Å². The number of nitrogens with zero attached hydrogens (tertiary/aromatic N) is 2. The highest BCUT2D eigenvalue weighted by Crippen LogP contribution is 2.08. The minimum Gasteiger partial charge on any atom is -0.480 e. The number of rotatable bonds is 5. The summed E-state index contributed by atoms with van der Waals surface area (Å²) >= 11 is 0. The van der Waals surface area contributed by atoms with E-state index in [0.717, 1.165) is 25.9 Å². The number of aliphatic carboxylic acids is 1. The topological polar surface area (TPSA) is 72.9 Å². The Balaban J connectivity index is 2.45. The molecular formula is C12H21N3O3. The third-order valence-corrected chi connectivity index (χ3v) is 3.01. The molecule has 1 heterocycles. The third-order valence-electron chi connectivity index (χ3n) is 3.01. The maximum Gasteiger partial charge on any atom is 0.323 e. The van der Waals surface area contributed by atoms with Crippen molar-refractivity contribution in [2.45, 2.75) is 18.9 Å². The lowest BCUT2D eigenvalue weighted by molar-refractivity contribution is -0.137. The Bertz CT molecular complexity index is 312. The van der Waals surface area contributed by atoms with Crippen molar-refractivity contribution in [3.63, 3.8) is 0 Å². The predicted octanol–water partition coefficient (Wildman–Crippen LogP) is 0.363. The molecule has 6 nitrogen and oxygen atoms in total. The van der Waals surface area contributed by atoms with Crippen LogP contribution in [0.15, 0.2) is 12.7 Å². The van der Waals surface area contributed by atoms with E-state index in [0.29, 0.717) is 0 Å². The highest BCUT2D eigenvalue weighted by molar-refractivity contribution is 5.80. The van der Waals surface area contributed by atoms with Crippen molar-refractivity contribution in [1.82, 2.24) is 15.1 Å². The zero-order chi connectivity index (χ0) is 13.5. The molecule has 18 heavy (non-hydrogen) atoms. The van der Waals surface area contributed by atoms with Gasteiger partial charge in [0.05, 0.1) is 0 Å². The highest BCUT2D eigenvalue weighted by Gasteiger charge is 2.22. The van der Waals surface area contributed by atoms with Crippen molar-refractivity contribution < 1.29 is 14.7 Å². The van der Waals surface area contributed by atoms with E-state index >= 15 is 0 Å². The quantitative estimate of drug-likeness (QED) is 0.696. The van der Waals surface area contributed by atoms with Crippen LogP contribution in [0.25, 0.3) is 0 Å². The van der Waals surface area contributed by atoms with Gasteiger partial charge in [-0.2, -0.15) is 0 Å². The second kappa shape index (κ2) is 7.00. The number of urea groups is 1. The van der Waals surface area contributed by atoms with E-state index in [4.69, 9.17) is 5.11 Å². The molecule has 0 aromatic rings. The molecule has 0 aromatic heterocycles. The Morgan fingerprint density at radius 2 is 2.11 bits per heavy atom. The van der Waals surface area contributed by atoms with E-state index < -0.39 is 5.97 Å². The van der Waals surface area contributed by atoms with Crippen LogP contribution < -0.4 is 5.32 Å². The highest BCUT2D eigenvalue weighted by atomic mass is 16.4. The van der Waals surface area contributed by atoms with Gasteiger partial charge in [0, 0.05) is 12.6 Å². The Kier molecular flexibility index (Phi) is 5.64. The molecular weight excluding hydrogens is 234 g/mol. The van der Waals surface area contributed by atoms with E-state index in [9.17, 15) is 9.59 Å². The molecule has 1 aliphatic heterocycles. The van der Waals surface area contributed by atoms with E-state index in [1.54, 1.807) is 0 Å². The Morgan fingerprint density at radius 3 is 2.61 bits per heavy atom. The summed E-state index contributed by atoms with van der Waals surface area (Å²) in [5.41, 5.74) is 0. The summed E-state index contributed by atoms with van der Waals surface area (Å²) in [4.78, 5) is 26.0. The predicted molar refractivity (Wildman–Crippen MR) is 68.5 cm³/mol. The number of carboxylic acids is 1. The van der Waals surface area contributed by atoms with Crippen molar-refractivity contribution in [2.75, 3.05) is 33.2 Å². The molecule has 0 aromatic carbocycles. The summed E-state index contributed by atoms with van der Waals surface area (Å²) in [5, 5.41) is 11.6. The number of nitrogens with one attached hydrogen (secondary N) is 1. The first kappa shape index (κ1) is 14.5. The van der Waals surface area contributed by atoms with E-state index in [2.05, 4.69) is 16.8 Å². The van der Waals surface area contributed by atoms with Gasteiger partial charge in [0.1, 0.15) is 6.54 Å². The Morgan fingerprint density at radius 1 is 1.50 bits per heavy atom. The SMILES string of the molecule is C=CCN(CC(=O)O)C(=O)NC1CCN(C)CC1. The van der Waals surface area contributed by atoms with Gasteiger partial charge in [-0.1, -0.05) is 6.08 Å². The van der Waals surface area contributed by atoms with Gasteiger partial charge in [0.25, 0.3) is 0 Å². The maximum absolute atomic E-state index is 11.9. The lowest BCUT2D eigenvalue weighted by Gasteiger charge is -2.31. The minimum absolute atomic E-state index is 0.134. The average molecular weight is 255 g/mol. The normalized spacial score (nSPS) is 17.2. The smallest absolute Gasteiger partial charge is 0.323 e. The van der Waals surface area contributed by atoms with Crippen molar-refractivity contribution >= 4 is 12.0 Å². The van der Waals surface area contributed by atoms with Crippen molar-refractivity contribution in [1.29, 1.82) is 0 Å². The molecule has 0 aliphatic carbocycles. The van der Waals surface area contributed by atoms with Gasteiger partial charge in [0.2, 0.25) is 0 Å². The Hall–Kier alpha value is -1.56. The molecule has 102 valence electrons. The van der Waals surface area contributed by atoms with Gasteiger partial charge in [-0.3, -0.25) is 4.79 Å². The molecule has 1 rings (SSSR count). The molecule has 0 saturated carbocycles. The van der Waals surface area contributed by atoms with Crippen LogP contribution in [0.3, 0.4) is 0 Å². The van der Waals surface area contributed by atoms with Crippen LogP contribution in [-0.2, 0) is 4.79 Å². The van der Waals surface area contributed by atoms with Gasteiger partial charge in [-0.25, -0.2) is 4.79 Å². The average Bonchev–Trinajstić information content (AvgIpc) is 2.31. The van der Waals surface area contributed by atoms with Crippen LogP contribution in [0, 0.1) is 0 Å². The molecule has 0 spiro atoms.